The van der Waals surface area contributed by atoms with Crippen molar-refractivity contribution in [3.05, 3.63) is 35.9 Å². The first-order valence-corrected chi connectivity index (χ1v) is 5.75. The molecule has 1 aromatic carbocycles. The quantitative estimate of drug-likeness (QED) is 0.766. The standard InChI is InChI=1S/C10H13NO2S/c12-14(13)11-10(9-6-7-9)8-4-2-1-3-5-8/h1-5,9-11H,6-7H2,(H,12,13)/p-1. The second-order valence-corrected chi connectivity index (χ2v) is 4.28. The van der Waals surface area contributed by atoms with Crippen molar-refractivity contribution in [2.24, 2.45) is 5.92 Å². The molecule has 76 valence electrons. The molecule has 0 saturated heterocycles. The molecule has 14 heavy (non-hydrogen) atoms. The monoisotopic (exact) mass is 210 g/mol. The number of rotatable bonds is 4. The molecule has 4 heteroatoms. The molecule has 1 aromatic rings. The van der Waals surface area contributed by atoms with E-state index in [1.807, 2.05) is 30.3 Å². The normalized spacial score (nSPS) is 20.4. The molecule has 0 radical (unpaired) electrons. The van der Waals surface area contributed by atoms with Crippen LogP contribution in [0.5, 0.6) is 0 Å². The number of benzene rings is 1. The van der Waals surface area contributed by atoms with Crippen LogP contribution in [0.3, 0.4) is 0 Å². The molecule has 1 saturated carbocycles. The van der Waals surface area contributed by atoms with E-state index >= 15 is 0 Å². The van der Waals surface area contributed by atoms with Crippen molar-refractivity contribution in [1.82, 2.24) is 4.72 Å². The van der Waals surface area contributed by atoms with Crippen LogP contribution in [-0.2, 0) is 11.3 Å². The van der Waals surface area contributed by atoms with Crippen molar-refractivity contribution in [2.45, 2.75) is 18.9 Å². The zero-order valence-electron chi connectivity index (χ0n) is 7.68. The summed E-state index contributed by atoms with van der Waals surface area (Å²) >= 11 is -2.18. The third-order valence-electron chi connectivity index (χ3n) is 2.48. The van der Waals surface area contributed by atoms with Crippen molar-refractivity contribution in [2.75, 3.05) is 0 Å². The molecule has 2 atom stereocenters. The molecule has 1 fully saturated rings. The van der Waals surface area contributed by atoms with Gasteiger partial charge in [-0.1, -0.05) is 30.3 Å². The van der Waals surface area contributed by atoms with Crippen molar-refractivity contribution >= 4 is 11.3 Å². The Hall–Kier alpha value is -0.710. The second-order valence-electron chi connectivity index (χ2n) is 3.58. The van der Waals surface area contributed by atoms with Crippen molar-refractivity contribution in [1.29, 1.82) is 0 Å². The first kappa shape index (κ1) is 9.83. The topological polar surface area (TPSA) is 52.2 Å². The summed E-state index contributed by atoms with van der Waals surface area (Å²) in [4.78, 5) is 0. The van der Waals surface area contributed by atoms with Crippen LogP contribution < -0.4 is 4.72 Å². The summed E-state index contributed by atoms with van der Waals surface area (Å²) in [5.41, 5.74) is 1.05. The first-order chi connectivity index (χ1) is 6.77. The third-order valence-corrected chi connectivity index (χ3v) is 2.92. The van der Waals surface area contributed by atoms with Crippen LogP contribution in [0.4, 0.5) is 0 Å². The van der Waals surface area contributed by atoms with Gasteiger partial charge in [-0.2, -0.15) is 0 Å². The van der Waals surface area contributed by atoms with E-state index in [2.05, 4.69) is 4.72 Å². The van der Waals surface area contributed by atoms with Gasteiger partial charge in [-0.05, 0) is 24.3 Å². The molecule has 2 rings (SSSR count). The van der Waals surface area contributed by atoms with Crippen LogP contribution in [0.15, 0.2) is 30.3 Å². The van der Waals surface area contributed by atoms with Gasteiger partial charge in [0.15, 0.2) is 0 Å². The van der Waals surface area contributed by atoms with Crippen LogP contribution in [0, 0.1) is 5.92 Å². The maximum atomic E-state index is 10.6. The molecule has 0 amide bonds. The molecule has 0 spiro atoms. The Morgan fingerprint density at radius 3 is 2.50 bits per heavy atom. The predicted molar refractivity (Wildman–Crippen MR) is 54.0 cm³/mol. The predicted octanol–water partition coefficient (Wildman–Crippen LogP) is 1.52. The Labute approximate surface area is 85.9 Å². The van der Waals surface area contributed by atoms with Gasteiger partial charge in [0.05, 0.1) is 0 Å². The highest BCUT2D eigenvalue weighted by Gasteiger charge is 2.32. The van der Waals surface area contributed by atoms with E-state index in [0.717, 1.165) is 18.4 Å². The lowest BCUT2D eigenvalue weighted by molar-refractivity contribution is 0.489. The lowest BCUT2D eigenvalue weighted by atomic mass is 10.0. The summed E-state index contributed by atoms with van der Waals surface area (Å²) in [6, 6.07) is 9.68. The minimum atomic E-state index is -2.18. The fourth-order valence-corrected chi connectivity index (χ4v) is 2.17. The van der Waals surface area contributed by atoms with E-state index in [9.17, 15) is 8.76 Å². The van der Waals surface area contributed by atoms with Gasteiger partial charge in [0.25, 0.3) is 0 Å². The SMILES string of the molecule is O=S([O-])NC(c1ccccc1)C1CC1. The van der Waals surface area contributed by atoms with Crippen molar-refractivity contribution in [3.63, 3.8) is 0 Å². The lowest BCUT2D eigenvalue weighted by Gasteiger charge is -2.19. The van der Waals surface area contributed by atoms with Crippen LogP contribution in [0.1, 0.15) is 24.4 Å². The summed E-state index contributed by atoms with van der Waals surface area (Å²) in [6.07, 6.45) is 2.23. The second kappa shape index (κ2) is 4.21. The molecule has 2 unspecified atom stereocenters. The first-order valence-electron chi connectivity index (χ1n) is 4.68. The zero-order chi connectivity index (χ0) is 9.97. The molecule has 1 N–H and O–H groups in total. The van der Waals surface area contributed by atoms with Gasteiger partial charge in [0.2, 0.25) is 0 Å². The summed E-state index contributed by atoms with van der Waals surface area (Å²) in [5, 5.41) is 0. The van der Waals surface area contributed by atoms with E-state index in [0.29, 0.717) is 5.92 Å². The van der Waals surface area contributed by atoms with E-state index in [1.54, 1.807) is 0 Å². The highest BCUT2D eigenvalue weighted by atomic mass is 32.2. The zero-order valence-corrected chi connectivity index (χ0v) is 8.50. The fraction of sp³-hybridized carbons (Fsp3) is 0.400. The highest BCUT2D eigenvalue weighted by Crippen LogP contribution is 2.40. The molecular formula is C10H12NO2S-. The summed E-state index contributed by atoms with van der Waals surface area (Å²) in [7, 11) is 0. The minimum absolute atomic E-state index is 0.0328. The Morgan fingerprint density at radius 2 is 2.00 bits per heavy atom. The average Bonchev–Trinajstić information content (AvgIpc) is 2.99. The van der Waals surface area contributed by atoms with E-state index in [1.165, 1.54) is 0 Å². The van der Waals surface area contributed by atoms with Crippen molar-refractivity contribution in [3.8, 4) is 0 Å². The van der Waals surface area contributed by atoms with Gasteiger partial charge < -0.3 is 4.55 Å². The van der Waals surface area contributed by atoms with Gasteiger partial charge in [-0.25, -0.2) is 4.72 Å². The van der Waals surface area contributed by atoms with Crippen LogP contribution in [0.25, 0.3) is 0 Å². The summed E-state index contributed by atoms with van der Waals surface area (Å²) < 4.78 is 23.8. The van der Waals surface area contributed by atoms with Gasteiger partial charge >= 0.3 is 0 Å². The highest BCUT2D eigenvalue weighted by molar-refractivity contribution is 7.77. The minimum Gasteiger partial charge on any atom is -0.760 e. The summed E-state index contributed by atoms with van der Waals surface area (Å²) in [5.74, 6) is 0.482. The Balaban J connectivity index is 2.14. The number of nitrogens with one attached hydrogen (secondary N) is 1. The van der Waals surface area contributed by atoms with Crippen LogP contribution in [0.2, 0.25) is 0 Å². The van der Waals surface area contributed by atoms with Crippen molar-refractivity contribution < 1.29 is 8.76 Å². The Morgan fingerprint density at radius 1 is 1.36 bits per heavy atom. The van der Waals surface area contributed by atoms with Gasteiger partial charge in [-0.15, -0.1) is 0 Å². The van der Waals surface area contributed by atoms with Crippen LogP contribution in [-0.4, -0.2) is 8.76 Å². The number of hydrogen-bond donors (Lipinski definition) is 1. The molecule has 3 nitrogen and oxygen atoms in total. The fourth-order valence-electron chi connectivity index (χ4n) is 1.63. The third kappa shape index (κ3) is 2.41. The maximum absolute atomic E-state index is 10.6. The molecule has 0 heterocycles. The van der Waals surface area contributed by atoms with Gasteiger partial charge in [-0.3, -0.25) is 4.21 Å². The molecule has 1 aliphatic rings. The van der Waals surface area contributed by atoms with Crippen LogP contribution >= 0.6 is 0 Å². The molecule has 0 bridgehead atoms. The van der Waals surface area contributed by atoms with E-state index in [-0.39, 0.29) is 6.04 Å². The smallest absolute Gasteiger partial charge is 0.0462 e. The van der Waals surface area contributed by atoms with E-state index < -0.39 is 11.3 Å². The average molecular weight is 210 g/mol. The van der Waals surface area contributed by atoms with Gasteiger partial charge in [0, 0.05) is 17.3 Å². The van der Waals surface area contributed by atoms with E-state index in [4.69, 9.17) is 0 Å². The van der Waals surface area contributed by atoms with Gasteiger partial charge in [0.1, 0.15) is 0 Å². The number of hydrogen-bond acceptors (Lipinski definition) is 2. The summed E-state index contributed by atoms with van der Waals surface area (Å²) in [6.45, 7) is 0. The molecule has 0 aliphatic heterocycles. The molecule has 1 aliphatic carbocycles. The molecular weight excluding hydrogens is 198 g/mol. The Bertz CT molecular complexity index is 324. The Kier molecular flexibility index (Phi) is 2.96. The lowest BCUT2D eigenvalue weighted by Crippen LogP contribution is -2.24. The largest absolute Gasteiger partial charge is 0.760 e. The maximum Gasteiger partial charge on any atom is 0.0462 e. The molecule has 0 aromatic heterocycles.